The van der Waals surface area contributed by atoms with E-state index in [2.05, 4.69) is 5.32 Å². The number of fused-ring (bicyclic) bond motifs is 1. The monoisotopic (exact) mass is 277 g/mol. The van der Waals surface area contributed by atoms with Crippen LogP contribution in [0.4, 0.5) is 0 Å². The lowest BCUT2D eigenvalue weighted by Gasteiger charge is -2.26. The standard InChI is InChI=1S/C16H23NO3/c1-3-11(2)14(18)10-17-16(19)15-13-7-5-4-6-12(13)8-9-20-15/h4-7,11,14-15,18H,3,8-10H2,1-2H3,(H,17,19). The lowest BCUT2D eigenvalue weighted by molar-refractivity contribution is -0.134. The number of carbonyl (C=O) groups is 1. The molecule has 4 heteroatoms. The number of benzene rings is 1. The first-order valence-electron chi connectivity index (χ1n) is 7.28. The summed E-state index contributed by atoms with van der Waals surface area (Å²) in [6.07, 6.45) is 0.668. The maximum Gasteiger partial charge on any atom is 0.253 e. The van der Waals surface area contributed by atoms with E-state index in [1.165, 1.54) is 5.56 Å². The fraction of sp³-hybridized carbons (Fsp3) is 0.562. The Morgan fingerprint density at radius 2 is 2.25 bits per heavy atom. The van der Waals surface area contributed by atoms with Gasteiger partial charge in [-0.05, 0) is 23.5 Å². The molecule has 1 aromatic carbocycles. The van der Waals surface area contributed by atoms with Crippen LogP contribution < -0.4 is 5.32 Å². The molecule has 3 unspecified atom stereocenters. The number of ether oxygens (including phenoxy) is 1. The van der Waals surface area contributed by atoms with Gasteiger partial charge < -0.3 is 15.2 Å². The second-order valence-corrected chi connectivity index (χ2v) is 5.40. The molecule has 0 spiro atoms. The third-order valence-corrected chi connectivity index (χ3v) is 4.02. The molecule has 0 bridgehead atoms. The Hall–Kier alpha value is -1.39. The Labute approximate surface area is 120 Å². The van der Waals surface area contributed by atoms with E-state index < -0.39 is 12.2 Å². The lowest BCUT2D eigenvalue weighted by atomic mass is 9.97. The Morgan fingerprint density at radius 1 is 1.50 bits per heavy atom. The van der Waals surface area contributed by atoms with Crippen LogP contribution in [0.3, 0.4) is 0 Å². The molecule has 20 heavy (non-hydrogen) atoms. The molecule has 0 radical (unpaired) electrons. The molecule has 0 saturated heterocycles. The van der Waals surface area contributed by atoms with Crippen LogP contribution in [0.15, 0.2) is 24.3 Å². The Kier molecular flexibility index (Phi) is 5.15. The summed E-state index contributed by atoms with van der Waals surface area (Å²) in [4.78, 5) is 12.2. The van der Waals surface area contributed by atoms with Gasteiger partial charge in [0.2, 0.25) is 0 Å². The van der Waals surface area contributed by atoms with E-state index in [9.17, 15) is 9.90 Å². The highest BCUT2D eigenvalue weighted by molar-refractivity contribution is 5.82. The molecule has 3 atom stereocenters. The molecular weight excluding hydrogens is 254 g/mol. The molecule has 1 aromatic rings. The first kappa shape index (κ1) is 15.0. The quantitative estimate of drug-likeness (QED) is 0.863. The van der Waals surface area contributed by atoms with Crippen molar-refractivity contribution in [2.75, 3.05) is 13.2 Å². The van der Waals surface area contributed by atoms with E-state index in [1.54, 1.807) is 0 Å². The molecule has 0 fully saturated rings. The van der Waals surface area contributed by atoms with Gasteiger partial charge in [-0.15, -0.1) is 0 Å². The molecular formula is C16H23NO3. The van der Waals surface area contributed by atoms with E-state index in [-0.39, 0.29) is 18.4 Å². The predicted molar refractivity (Wildman–Crippen MR) is 77.3 cm³/mol. The number of rotatable bonds is 5. The molecule has 2 N–H and O–H groups in total. The fourth-order valence-corrected chi connectivity index (χ4v) is 2.38. The predicted octanol–water partition coefficient (Wildman–Crippen LogP) is 1.82. The number of nitrogens with one attached hydrogen (secondary N) is 1. The SMILES string of the molecule is CCC(C)C(O)CNC(=O)C1OCCc2ccccc21. The number of amides is 1. The zero-order chi connectivity index (χ0) is 14.5. The molecule has 1 aliphatic rings. The van der Waals surface area contributed by atoms with Crippen LogP contribution in [0, 0.1) is 5.92 Å². The maximum absolute atomic E-state index is 12.2. The van der Waals surface area contributed by atoms with Crippen molar-refractivity contribution >= 4 is 5.91 Å². The van der Waals surface area contributed by atoms with Gasteiger partial charge in [-0.25, -0.2) is 0 Å². The minimum absolute atomic E-state index is 0.167. The Bertz CT molecular complexity index is 461. The van der Waals surface area contributed by atoms with Crippen molar-refractivity contribution < 1.29 is 14.6 Å². The van der Waals surface area contributed by atoms with Gasteiger partial charge in [0, 0.05) is 6.54 Å². The number of aliphatic hydroxyl groups is 1. The van der Waals surface area contributed by atoms with Crippen LogP contribution in [0.25, 0.3) is 0 Å². The van der Waals surface area contributed by atoms with E-state index >= 15 is 0 Å². The van der Waals surface area contributed by atoms with E-state index in [4.69, 9.17) is 4.74 Å². The molecule has 1 aliphatic heterocycles. The smallest absolute Gasteiger partial charge is 0.253 e. The molecule has 1 heterocycles. The maximum atomic E-state index is 12.2. The van der Waals surface area contributed by atoms with Crippen molar-refractivity contribution in [1.82, 2.24) is 5.32 Å². The van der Waals surface area contributed by atoms with Crippen LogP contribution >= 0.6 is 0 Å². The second-order valence-electron chi connectivity index (χ2n) is 5.40. The average Bonchev–Trinajstić information content (AvgIpc) is 2.50. The molecule has 4 nitrogen and oxygen atoms in total. The van der Waals surface area contributed by atoms with Crippen molar-refractivity contribution in [2.24, 2.45) is 5.92 Å². The second kappa shape index (κ2) is 6.86. The highest BCUT2D eigenvalue weighted by Gasteiger charge is 2.27. The Morgan fingerprint density at radius 3 is 3.00 bits per heavy atom. The molecule has 0 saturated carbocycles. The number of hydrogen-bond acceptors (Lipinski definition) is 3. The summed E-state index contributed by atoms with van der Waals surface area (Å²) in [5, 5.41) is 12.7. The minimum atomic E-state index is -0.552. The van der Waals surface area contributed by atoms with Gasteiger partial charge >= 0.3 is 0 Å². The average molecular weight is 277 g/mol. The van der Waals surface area contributed by atoms with Gasteiger partial charge in [-0.1, -0.05) is 44.5 Å². The van der Waals surface area contributed by atoms with Crippen molar-refractivity contribution in [3.8, 4) is 0 Å². The van der Waals surface area contributed by atoms with E-state index in [0.29, 0.717) is 6.61 Å². The van der Waals surface area contributed by atoms with Crippen molar-refractivity contribution in [3.05, 3.63) is 35.4 Å². The first-order chi connectivity index (χ1) is 9.63. The summed E-state index contributed by atoms with van der Waals surface area (Å²) >= 11 is 0. The molecule has 2 rings (SSSR count). The van der Waals surface area contributed by atoms with Crippen LogP contribution in [0.5, 0.6) is 0 Å². The highest BCUT2D eigenvalue weighted by Crippen LogP contribution is 2.26. The molecule has 110 valence electrons. The normalized spacial score (nSPS) is 20.9. The molecule has 1 amide bonds. The van der Waals surface area contributed by atoms with Gasteiger partial charge in [0.05, 0.1) is 12.7 Å². The Balaban J connectivity index is 1.97. The number of carbonyl (C=O) groups excluding carboxylic acids is 1. The largest absolute Gasteiger partial charge is 0.391 e. The minimum Gasteiger partial charge on any atom is -0.391 e. The van der Waals surface area contributed by atoms with Crippen LogP contribution in [-0.2, 0) is 16.0 Å². The zero-order valence-corrected chi connectivity index (χ0v) is 12.1. The lowest BCUT2D eigenvalue weighted by Crippen LogP contribution is -2.39. The summed E-state index contributed by atoms with van der Waals surface area (Å²) in [7, 11) is 0. The van der Waals surface area contributed by atoms with Crippen molar-refractivity contribution in [3.63, 3.8) is 0 Å². The summed E-state index contributed by atoms with van der Waals surface area (Å²) in [5.74, 6) is 0.00867. The molecule has 0 aromatic heterocycles. The topological polar surface area (TPSA) is 58.6 Å². The van der Waals surface area contributed by atoms with E-state index in [0.717, 1.165) is 18.4 Å². The van der Waals surface area contributed by atoms with Gasteiger partial charge in [0.25, 0.3) is 5.91 Å². The van der Waals surface area contributed by atoms with Crippen LogP contribution in [0.1, 0.15) is 37.5 Å². The van der Waals surface area contributed by atoms with E-state index in [1.807, 2.05) is 38.1 Å². The fourth-order valence-electron chi connectivity index (χ4n) is 2.38. The van der Waals surface area contributed by atoms with Gasteiger partial charge in [-0.2, -0.15) is 0 Å². The number of aliphatic hydroxyl groups excluding tert-OH is 1. The molecule has 0 aliphatic carbocycles. The van der Waals surface area contributed by atoms with Crippen LogP contribution in [0.2, 0.25) is 0 Å². The van der Waals surface area contributed by atoms with Gasteiger partial charge in [0.1, 0.15) is 0 Å². The van der Waals surface area contributed by atoms with Gasteiger partial charge in [0.15, 0.2) is 6.10 Å². The third kappa shape index (κ3) is 3.38. The first-order valence-corrected chi connectivity index (χ1v) is 7.28. The highest BCUT2D eigenvalue weighted by atomic mass is 16.5. The zero-order valence-electron chi connectivity index (χ0n) is 12.1. The number of hydrogen-bond donors (Lipinski definition) is 2. The summed E-state index contributed by atoms with van der Waals surface area (Å²) in [6.45, 7) is 4.83. The summed E-state index contributed by atoms with van der Waals surface area (Å²) < 4.78 is 5.59. The van der Waals surface area contributed by atoms with Gasteiger partial charge in [-0.3, -0.25) is 4.79 Å². The van der Waals surface area contributed by atoms with Crippen molar-refractivity contribution in [2.45, 2.75) is 38.9 Å². The van der Waals surface area contributed by atoms with Crippen LogP contribution in [-0.4, -0.2) is 30.3 Å². The summed E-state index contributed by atoms with van der Waals surface area (Å²) in [5.41, 5.74) is 2.11. The summed E-state index contributed by atoms with van der Waals surface area (Å²) in [6, 6.07) is 7.86. The third-order valence-electron chi connectivity index (χ3n) is 4.02. The van der Waals surface area contributed by atoms with Crippen molar-refractivity contribution in [1.29, 1.82) is 0 Å².